The Kier molecular flexibility index (Phi) is 13.3. The number of fused-ring (bicyclic) bond motifs is 13. The molecule has 2 aromatic heterocycles. The Morgan fingerprint density at radius 3 is 2.12 bits per heavy atom. The largest absolute Gasteiger partial charge is 0.395 e. The maximum atomic E-state index is 13.3. The summed E-state index contributed by atoms with van der Waals surface area (Å²) in [6, 6.07) is 16.2. The minimum Gasteiger partial charge on any atom is -0.395 e. The third-order valence-electron chi connectivity index (χ3n) is 13.0. The normalized spacial score (nSPS) is 22.8. The van der Waals surface area contributed by atoms with Gasteiger partial charge in [-0.1, -0.05) is 120 Å². The zero-order valence-electron chi connectivity index (χ0n) is 34.4. The van der Waals surface area contributed by atoms with Gasteiger partial charge < -0.3 is 50.3 Å². The second kappa shape index (κ2) is 18.2. The molecule has 8 rings (SSSR count). The average molecular weight is 784 g/mol. The van der Waals surface area contributed by atoms with E-state index >= 15 is 0 Å². The molecule has 0 spiro atoms. The standard InChI is InChI=1S/C28H26N4O3.C18H39NO3/c1-28-26(34-3)17(29-2)12-20(35-28)31-18-10-6-4-8-14(18)22-23-16(13-30-27(23)33)21-15-9-5-7-11-19(15)32(28)25(21)24(22)31;1-2-3-4-5-6-7-8-9-10-11-12-13-14-17(21)18(22)16(19)15-20/h4-11,17,20,26,29H,12-13H2,1-3H3,(H,30,33);16-18,20-22H,2-15,19H2,1H3/t17-,20-,26-,28+;16-,17+,18-/m10/s1. The number of unbranched alkanes of at least 4 members (excludes halogenated alkanes) is 11. The van der Waals surface area contributed by atoms with Crippen molar-refractivity contribution in [2.24, 2.45) is 5.73 Å². The van der Waals surface area contributed by atoms with Gasteiger partial charge in [0, 0.05) is 47.7 Å². The molecule has 3 aliphatic rings. The van der Waals surface area contributed by atoms with E-state index in [0.29, 0.717) is 13.0 Å². The van der Waals surface area contributed by atoms with Gasteiger partial charge in [-0.15, -0.1) is 0 Å². The Balaban J connectivity index is 0.000000198. The van der Waals surface area contributed by atoms with Crippen molar-refractivity contribution in [2.75, 3.05) is 20.8 Å². The Morgan fingerprint density at radius 2 is 1.51 bits per heavy atom. The molecule has 0 radical (unpaired) electrons. The van der Waals surface area contributed by atoms with Crippen molar-refractivity contribution < 1.29 is 29.6 Å². The van der Waals surface area contributed by atoms with E-state index < -0.39 is 24.0 Å². The van der Waals surface area contributed by atoms with Crippen molar-refractivity contribution in [3.63, 3.8) is 0 Å². The van der Waals surface area contributed by atoms with E-state index in [2.05, 4.69) is 82.1 Å². The number of methoxy groups -OCH3 is 1. The highest BCUT2D eigenvalue weighted by Gasteiger charge is 2.53. The number of nitrogens with zero attached hydrogens (tertiary/aromatic N) is 2. The van der Waals surface area contributed by atoms with E-state index in [-0.39, 0.29) is 30.9 Å². The molecule has 7 atom stereocenters. The van der Waals surface area contributed by atoms with Crippen LogP contribution in [-0.4, -0.2) is 81.5 Å². The molecule has 0 saturated carbocycles. The van der Waals surface area contributed by atoms with Gasteiger partial charge in [0.2, 0.25) is 0 Å². The quantitative estimate of drug-likeness (QED) is 0.0500. The Bertz CT molecular complexity index is 2160. The van der Waals surface area contributed by atoms with Gasteiger partial charge in [-0.3, -0.25) is 4.79 Å². The van der Waals surface area contributed by atoms with Crippen molar-refractivity contribution in [2.45, 2.75) is 153 Å². The van der Waals surface area contributed by atoms with Crippen LogP contribution in [0.3, 0.4) is 0 Å². The van der Waals surface area contributed by atoms with E-state index in [1.165, 1.54) is 64.2 Å². The van der Waals surface area contributed by atoms with Crippen LogP contribution >= 0.6 is 0 Å². The van der Waals surface area contributed by atoms with Gasteiger partial charge in [0.1, 0.15) is 12.3 Å². The van der Waals surface area contributed by atoms with Gasteiger partial charge in [-0.05, 0) is 38.1 Å². The van der Waals surface area contributed by atoms with Crippen molar-refractivity contribution in [1.82, 2.24) is 19.8 Å². The molecule has 11 nitrogen and oxygen atoms in total. The van der Waals surface area contributed by atoms with Crippen LogP contribution in [0.25, 0.3) is 43.6 Å². The summed E-state index contributed by atoms with van der Waals surface area (Å²) in [6.07, 6.45) is 14.4. The summed E-state index contributed by atoms with van der Waals surface area (Å²) >= 11 is 0. The van der Waals surface area contributed by atoms with E-state index in [0.717, 1.165) is 74.0 Å². The van der Waals surface area contributed by atoms with Crippen LogP contribution in [0, 0.1) is 0 Å². The van der Waals surface area contributed by atoms with Crippen LogP contribution in [0.5, 0.6) is 0 Å². The van der Waals surface area contributed by atoms with Crippen molar-refractivity contribution in [3.05, 3.63) is 59.7 Å². The number of aliphatic hydroxyl groups excluding tert-OH is 3. The molecule has 0 aliphatic carbocycles. The van der Waals surface area contributed by atoms with Gasteiger partial charge in [0.25, 0.3) is 5.91 Å². The average Bonchev–Trinajstić information content (AvgIpc) is 3.88. The molecule has 310 valence electrons. The number of nitrogens with two attached hydrogens (primary N) is 1. The number of benzene rings is 3. The van der Waals surface area contributed by atoms with Crippen LogP contribution in [0.1, 0.15) is 126 Å². The molecule has 57 heavy (non-hydrogen) atoms. The number of likely N-dealkylation sites (N-methyl/N-ethyl adjacent to an activating group) is 1. The van der Waals surface area contributed by atoms with E-state index in [1.54, 1.807) is 7.11 Å². The first-order chi connectivity index (χ1) is 27.7. The number of nitrogens with one attached hydrogen (secondary N) is 2. The van der Waals surface area contributed by atoms with Crippen molar-refractivity contribution in [3.8, 4) is 0 Å². The SMILES string of the molecule is CCCCCCCCCCCCCC[C@@H](O)[C@@H](O)[C@@H](N)CO.CN[C@@H]1C[C@H]2O[C@@](C)([C@@H]1OC)n1c3ccccc3c3c4c(c5c6ccccc6n2c5c31)C(=O)NC4. The minimum absolute atomic E-state index is 0.00357. The topological polar surface area (TPSA) is 156 Å². The molecule has 3 aromatic carbocycles. The van der Waals surface area contributed by atoms with Crippen LogP contribution in [-0.2, 0) is 21.7 Å². The Labute approximate surface area is 336 Å². The highest BCUT2D eigenvalue weighted by atomic mass is 16.6. The molecule has 1 saturated heterocycles. The fourth-order valence-corrected chi connectivity index (χ4v) is 10.1. The van der Waals surface area contributed by atoms with Crippen LogP contribution in [0.15, 0.2) is 48.5 Å². The monoisotopic (exact) mass is 783 g/mol. The van der Waals surface area contributed by atoms with Gasteiger partial charge in [0.15, 0.2) is 5.72 Å². The lowest BCUT2D eigenvalue weighted by molar-refractivity contribution is -0.256. The lowest BCUT2D eigenvalue weighted by atomic mass is 9.93. The lowest BCUT2D eigenvalue weighted by Crippen LogP contribution is -2.59. The summed E-state index contributed by atoms with van der Waals surface area (Å²) in [7, 11) is 3.77. The smallest absolute Gasteiger partial charge is 0.252 e. The van der Waals surface area contributed by atoms with Crippen LogP contribution in [0.4, 0.5) is 0 Å². The Hall–Kier alpha value is -3.55. The fraction of sp³-hybridized carbons (Fsp3) is 0.587. The number of aromatic nitrogens is 2. The number of ether oxygens (including phenoxy) is 2. The predicted molar refractivity (Wildman–Crippen MR) is 228 cm³/mol. The molecule has 5 aromatic rings. The van der Waals surface area contributed by atoms with Crippen LogP contribution < -0.4 is 16.4 Å². The highest BCUT2D eigenvalue weighted by molar-refractivity contribution is 6.31. The third-order valence-corrected chi connectivity index (χ3v) is 13.0. The number of rotatable bonds is 18. The van der Waals surface area contributed by atoms with Gasteiger partial charge in [-0.25, -0.2) is 0 Å². The second-order valence-electron chi connectivity index (χ2n) is 16.7. The summed E-state index contributed by atoms with van der Waals surface area (Å²) in [6.45, 7) is 4.64. The zero-order valence-corrected chi connectivity index (χ0v) is 34.4. The first-order valence-electron chi connectivity index (χ1n) is 21.6. The zero-order chi connectivity index (χ0) is 40.3. The molecule has 1 fully saturated rings. The number of carbonyl (C=O) groups is 1. The molecule has 0 unspecified atom stereocenters. The van der Waals surface area contributed by atoms with Gasteiger partial charge >= 0.3 is 0 Å². The second-order valence-corrected chi connectivity index (χ2v) is 16.7. The molecule has 3 aliphatic heterocycles. The molecular formula is C46H65N5O6. The van der Waals surface area contributed by atoms with E-state index in [1.807, 2.05) is 7.05 Å². The number of amides is 1. The number of para-hydroxylation sites is 2. The molecule has 11 heteroatoms. The summed E-state index contributed by atoms with van der Waals surface area (Å²) in [5.74, 6) is 0.00357. The van der Waals surface area contributed by atoms with Gasteiger partial charge in [-0.2, -0.15) is 0 Å². The first-order valence-corrected chi connectivity index (χ1v) is 21.6. The predicted octanol–water partition coefficient (Wildman–Crippen LogP) is 7.47. The molecule has 1 amide bonds. The lowest BCUT2D eigenvalue weighted by Gasteiger charge is -2.48. The van der Waals surface area contributed by atoms with Crippen LogP contribution in [0.2, 0.25) is 0 Å². The molecule has 5 heterocycles. The number of hydrogen-bond acceptors (Lipinski definition) is 8. The first kappa shape index (κ1) is 41.6. The summed E-state index contributed by atoms with van der Waals surface area (Å²) in [5, 5.41) is 39.2. The molecular weight excluding hydrogens is 719 g/mol. The van der Waals surface area contributed by atoms with Crippen molar-refractivity contribution >= 4 is 49.5 Å². The maximum Gasteiger partial charge on any atom is 0.252 e. The molecule has 2 bridgehead atoms. The van der Waals surface area contributed by atoms with Gasteiger partial charge in [0.05, 0.1) is 52.5 Å². The fourth-order valence-electron chi connectivity index (χ4n) is 10.1. The summed E-state index contributed by atoms with van der Waals surface area (Å²) in [5.41, 5.74) is 11.0. The number of hydrogen-bond donors (Lipinski definition) is 6. The maximum absolute atomic E-state index is 13.3. The Morgan fingerprint density at radius 1 is 0.912 bits per heavy atom. The summed E-state index contributed by atoms with van der Waals surface area (Å²) in [4.78, 5) is 13.3. The third kappa shape index (κ3) is 7.61. The number of aliphatic hydroxyl groups is 3. The number of carbonyl (C=O) groups excluding carboxylic acids is 1. The highest BCUT2D eigenvalue weighted by Crippen LogP contribution is 2.53. The molecule has 7 N–H and O–H groups in total. The summed E-state index contributed by atoms with van der Waals surface area (Å²) < 4.78 is 18.0. The van der Waals surface area contributed by atoms with E-state index in [4.69, 9.17) is 20.3 Å². The minimum atomic E-state index is -1.02. The van der Waals surface area contributed by atoms with Crippen molar-refractivity contribution in [1.29, 1.82) is 0 Å². The van der Waals surface area contributed by atoms with E-state index in [9.17, 15) is 15.0 Å².